The van der Waals surface area contributed by atoms with Crippen molar-refractivity contribution in [2.75, 3.05) is 16.6 Å². The maximum atomic E-state index is 12.8. The summed E-state index contributed by atoms with van der Waals surface area (Å²) in [5.74, 6) is 0.667. The number of fused-ring (bicyclic) bond motifs is 1. The molecule has 2 aromatic carbocycles. The van der Waals surface area contributed by atoms with Crippen LogP contribution in [-0.2, 0) is 10.0 Å². The molecule has 148 valence electrons. The van der Waals surface area contributed by atoms with Gasteiger partial charge in [0.25, 0.3) is 10.0 Å². The van der Waals surface area contributed by atoms with Crippen LogP contribution in [0.3, 0.4) is 0 Å². The molecular formula is C21H26N4O2S. The Labute approximate surface area is 166 Å². The van der Waals surface area contributed by atoms with Gasteiger partial charge in [0, 0.05) is 6.54 Å². The molecule has 0 fully saturated rings. The normalized spacial score (nSPS) is 11.5. The Morgan fingerprint density at radius 3 is 2.14 bits per heavy atom. The van der Waals surface area contributed by atoms with Crippen molar-refractivity contribution in [1.82, 2.24) is 9.97 Å². The van der Waals surface area contributed by atoms with E-state index in [1.54, 1.807) is 24.3 Å². The molecule has 0 spiro atoms. The molecule has 3 rings (SSSR count). The third kappa shape index (κ3) is 4.98. The summed E-state index contributed by atoms with van der Waals surface area (Å²) in [6.45, 7) is 4.80. The predicted octanol–water partition coefficient (Wildman–Crippen LogP) is 4.73. The van der Waals surface area contributed by atoms with Crippen LogP contribution in [0.15, 0.2) is 53.4 Å². The van der Waals surface area contributed by atoms with E-state index in [9.17, 15) is 8.42 Å². The minimum Gasteiger partial charge on any atom is -0.367 e. The molecule has 0 amide bonds. The molecule has 0 saturated heterocycles. The lowest BCUT2D eigenvalue weighted by molar-refractivity contribution is 0.601. The van der Waals surface area contributed by atoms with E-state index in [0.29, 0.717) is 17.9 Å². The maximum absolute atomic E-state index is 12.8. The van der Waals surface area contributed by atoms with Crippen LogP contribution in [0.2, 0.25) is 0 Å². The Balaban J connectivity index is 1.88. The fraction of sp³-hybridized carbons (Fsp3) is 0.333. The van der Waals surface area contributed by atoms with E-state index < -0.39 is 10.0 Å². The zero-order chi connectivity index (χ0) is 20.0. The van der Waals surface area contributed by atoms with E-state index in [0.717, 1.165) is 30.3 Å². The predicted molar refractivity (Wildman–Crippen MR) is 114 cm³/mol. The highest BCUT2D eigenvalue weighted by atomic mass is 32.2. The number of unbranched alkanes of at least 4 members (excludes halogenated alkanes) is 3. The van der Waals surface area contributed by atoms with Gasteiger partial charge in [0.2, 0.25) is 0 Å². The molecule has 0 radical (unpaired) electrons. The molecule has 28 heavy (non-hydrogen) atoms. The summed E-state index contributed by atoms with van der Waals surface area (Å²) in [5.41, 5.74) is 2.36. The minimum atomic E-state index is -3.75. The standard InChI is InChI=1S/C21H26N4O2S/c1-3-4-5-8-15-22-20-21(24-19-10-7-6-9-18(19)23-20)25-28(26,27)17-13-11-16(2)12-14-17/h6-7,9-14H,3-5,8,15H2,1-2H3,(H,22,23)(H,24,25). The summed E-state index contributed by atoms with van der Waals surface area (Å²) in [6.07, 6.45) is 4.46. The summed E-state index contributed by atoms with van der Waals surface area (Å²) in [6, 6.07) is 14.1. The van der Waals surface area contributed by atoms with Gasteiger partial charge in [0.1, 0.15) is 0 Å². The molecule has 0 unspecified atom stereocenters. The average Bonchev–Trinajstić information content (AvgIpc) is 2.68. The second-order valence-corrected chi connectivity index (χ2v) is 8.50. The topological polar surface area (TPSA) is 84.0 Å². The van der Waals surface area contributed by atoms with Crippen LogP contribution in [0, 0.1) is 6.92 Å². The molecule has 2 N–H and O–H groups in total. The number of benzene rings is 2. The van der Waals surface area contributed by atoms with E-state index >= 15 is 0 Å². The molecule has 0 saturated carbocycles. The molecule has 0 atom stereocenters. The van der Waals surface area contributed by atoms with Crippen LogP contribution in [-0.4, -0.2) is 24.9 Å². The van der Waals surface area contributed by atoms with E-state index in [1.165, 1.54) is 6.42 Å². The van der Waals surface area contributed by atoms with E-state index in [1.807, 2.05) is 31.2 Å². The van der Waals surface area contributed by atoms with Gasteiger partial charge in [-0.2, -0.15) is 0 Å². The highest BCUT2D eigenvalue weighted by Crippen LogP contribution is 2.24. The lowest BCUT2D eigenvalue weighted by atomic mass is 10.2. The van der Waals surface area contributed by atoms with Crippen molar-refractivity contribution in [3.63, 3.8) is 0 Å². The number of aromatic nitrogens is 2. The number of nitrogens with one attached hydrogen (secondary N) is 2. The molecule has 1 heterocycles. The van der Waals surface area contributed by atoms with Crippen LogP contribution < -0.4 is 10.0 Å². The molecule has 0 aliphatic carbocycles. The van der Waals surface area contributed by atoms with E-state index in [4.69, 9.17) is 0 Å². The Morgan fingerprint density at radius 2 is 1.50 bits per heavy atom. The minimum absolute atomic E-state index is 0.196. The molecule has 3 aromatic rings. The molecule has 0 aliphatic rings. The van der Waals surface area contributed by atoms with Crippen molar-refractivity contribution in [3.05, 3.63) is 54.1 Å². The number of hydrogen-bond acceptors (Lipinski definition) is 5. The molecule has 1 aromatic heterocycles. The zero-order valence-electron chi connectivity index (χ0n) is 16.3. The Hall–Kier alpha value is -2.67. The Morgan fingerprint density at radius 1 is 0.857 bits per heavy atom. The van der Waals surface area contributed by atoms with Crippen LogP contribution in [0.5, 0.6) is 0 Å². The zero-order valence-corrected chi connectivity index (χ0v) is 17.1. The lowest BCUT2D eigenvalue weighted by Gasteiger charge is -2.14. The van der Waals surface area contributed by atoms with Gasteiger partial charge in [-0.3, -0.25) is 4.72 Å². The van der Waals surface area contributed by atoms with Crippen LogP contribution in [0.25, 0.3) is 11.0 Å². The smallest absolute Gasteiger partial charge is 0.263 e. The van der Waals surface area contributed by atoms with Gasteiger partial charge in [-0.15, -0.1) is 0 Å². The number of para-hydroxylation sites is 2. The van der Waals surface area contributed by atoms with Crippen molar-refractivity contribution in [1.29, 1.82) is 0 Å². The summed E-state index contributed by atoms with van der Waals surface area (Å²) in [5, 5.41) is 3.25. The van der Waals surface area contributed by atoms with Gasteiger partial charge in [0.15, 0.2) is 11.6 Å². The molecule has 0 aliphatic heterocycles. The lowest BCUT2D eigenvalue weighted by Crippen LogP contribution is -2.17. The first-order valence-electron chi connectivity index (χ1n) is 9.60. The van der Waals surface area contributed by atoms with Gasteiger partial charge >= 0.3 is 0 Å². The molecular weight excluding hydrogens is 372 g/mol. The van der Waals surface area contributed by atoms with Gasteiger partial charge in [-0.25, -0.2) is 18.4 Å². The largest absolute Gasteiger partial charge is 0.367 e. The van der Waals surface area contributed by atoms with E-state index in [-0.39, 0.29) is 10.7 Å². The highest BCUT2D eigenvalue weighted by molar-refractivity contribution is 7.92. The summed E-state index contributed by atoms with van der Waals surface area (Å²) in [7, 11) is -3.75. The molecule has 6 nitrogen and oxygen atoms in total. The number of rotatable bonds is 9. The second-order valence-electron chi connectivity index (χ2n) is 6.82. The van der Waals surface area contributed by atoms with E-state index in [2.05, 4.69) is 26.9 Å². The molecule has 7 heteroatoms. The van der Waals surface area contributed by atoms with Gasteiger partial charge in [-0.05, 0) is 37.6 Å². The fourth-order valence-electron chi connectivity index (χ4n) is 2.86. The van der Waals surface area contributed by atoms with Gasteiger partial charge in [0.05, 0.1) is 15.9 Å². The highest BCUT2D eigenvalue weighted by Gasteiger charge is 2.18. The third-order valence-electron chi connectivity index (χ3n) is 4.46. The van der Waals surface area contributed by atoms with Gasteiger partial charge < -0.3 is 5.32 Å². The quantitative estimate of drug-likeness (QED) is 0.509. The van der Waals surface area contributed by atoms with Crippen molar-refractivity contribution in [3.8, 4) is 0 Å². The number of anilines is 2. The first kappa shape index (κ1) is 20.1. The monoisotopic (exact) mass is 398 g/mol. The number of aryl methyl sites for hydroxylation is 1. The number of sulfonamides is 1. The van der Waals surface area contributed by atoms with Crippen LogP contribution in [0.1, 0.15) is 38.2 Å². The molecule has 0 bridgehead atoms. The van der Waals surface area contributed by atoms with Crippen LogP contribution >= 0.6 is 0 Å². The average molecular weight is 399 g/mol. The van der Waals surface area contributed by atoms with Crippen molar-refractivity contribution < 1.29 is 8.42 Å². The fourth-order valence-corrected chi connectivity index (χ4v) is 3.87. The summed E-state index contributed by atoms with van der Waals surface area (Å²) in [4.78, 5) is 9.28. The first-order chi connectivity index (χ1) is 13.5. The van der Waals surface area contributed by atoms with Crippen LogP contribution in [0.4, 0.5) is 11.6 Å². The third-order valence-corrected chi connectivity index (χ3v) is 5.81. The van der Waals surface area contributed by atoms with Crippen molar-refractivity contribution in [2.24, 2.45) is 0 Å². The summed E-state index contributed by atoms with van der Waals surface area (Å²) < 4.78 is 28.2. The number of nitrogens with zero attached hydrogens (tertiary/aromatic N) is 2. The summed E-state index contributed by atoms with van der Waals surface area (Å²) >= 11 is 0. The SMILES string of the molecule is CCCCCCNc1nc2ccccc2nc1NS(=O)(=O)c1ccc(C)cc1. The first-order valence-corrected chi connectivity index (χ1v) is 11.1. The Kier molecular flexibility index (Phi) is 6.46. The second kappa shape index (κ2) is 9.01. The van der Waals surface area contributed by atoms with Gasteiger partial charge in [-0.1, -0.05) is 56.0 Å². The van der Waals surface area contributed by atoms with Crippen molar-refractivity contribution in [2.45, 2.75) is 44.4 Å². The Bertz CT molecular complexity index is 1030. The number of hydrogen-bond donors (Lipinski definition) is 2. The maximum Gasteiger partial charge on any atom is 0.263 e. The van der Waals surface area contributed by atoms with Crippen molar-refractivity contribution >= 4 is 32.7 Å².